The molecule has 0 fully saturated rings. The Morgan fingerprint density at radius 2 is 1.77 bits per heavy atom. The van der Waals surface area contributed by atoms with Gasteiger partial charge in [-0.25, -0.2) is 15.0 Å². The minimum Gasteiger partial charge on any atom is -0.382 e. The third-order valence-electron chi connectivity index (χ3n) is 4.47. The summed E-state index contributed by atoms with van der Waals surface area (Å²) >= 11 is 0. The van der Waals surface area contributed by atoms with Crippen molar-refractivity contribution in [3.63, 3.8) is 0 Å². The van der Waals surface area contributed by atoms with Gasteiger partial charge in [-0.15, -0.1) is 0 Å². The van der Waals surface area contributed by atoms with E-state index in [1.54, 1.807) is 6.33 Å². The maximum absolute atomic E-state index is 13.0. The molecule has 2 aromatic heterocycles. The van der Waals surface area contributed by atoms with Gasteiger partial charge in [-0.2, -0.15) is 0 Å². The van der Waals surface area contributed by atoms with Crippen LogP contribution in [0.4, 0.5) is 17.3 Å². The number of nitrogens with two attached hydrogens (primary N) is 2. The first-order chi connectivity index (χ1) is 14.3. The number of aromatic nitrogens is 4. The molecule has 0 atom stereocenters. The summed E-state index contributed by atoms with van der Waals surface area (Å²) in [5, 5.41) is 2.68. The van der Waals surface area contributed by atoms with Crippen LogP contribution >= 0.6 is 0 Å². The van der Waals surface area contributed by atoms with Crippen LogP contribution in [0.1, 0.15) is 10.5 Å². The Bertz CT molecular complexity index is 995. The third kappa shape index (κ3) is 5.22. The van der Waals surface area contributed by atoms with Gasteiger partial charge in [-0.05, 0) is 6.04 Å². The van der Waals surface area contributed by atoms with Gasteiger partial charge in [-0.1, -0.05) is 50.0 Å². The first-order valence-corrected chi connectivity index (χ1v) is 13.3. The Morgan fingerprint density at radius 1 is 1.10 bits per heavy atom. The molecule has 0 spiro atoms. The molecule has 3 aromatic rings. The van der Waals surface area contributed by atoms with E-state index in [2.05, 4.69) is 39.9 Å². The monoisotopic (exact) mass is 425 g/mol. The van der Waals surface area contributed by atoms with Gasteiger partial charge < -0.3 is 26.1 Å². The van der Waals surface area contributed by atoms with Crippen molar-refractivity contribution < 1.29 is 9.53 Å². The Labute approximate surface area is 176 Å². The van der Waals surface area contributed by atoms with E-state index in [0.29, 0.717) is 19.0 Å². The number of carbonyl (C=O) groups is 1. The maximum Gasteiger partial charge on any atom is 0.276 e. The molecule has 1 aromatic carbocycles. The van der Waals surface area contributed by atoms with Gasteiger partial charge in [0.1, 0.15) is 18.7 Å². The molecule has 0 aliphatic heterocycles. The van der Waals surface area contributed by atoms with Gasteiger partial charge in [-0.3, -0.25) is 4.79 Å². The summed E-state index contributed by atoms with van der Waals surface area (Å²) in [5.74, 6) is -0.277. The topological polar surface area (TPSA) is 134 Å². The Morgan fingerprint density at radius 3 is 2.40 bits per heavy atom. The molecule has 5 N–H and O–H groups in total. The first kappa shape index (κ1) is 21.5. The number of carbonyl (C=O) groups excluding carboxylic acids is 1. The highest BCUT2D eigenvalue weighted by molar-refractivity contribution is 6.76. The summed E-state index contributed by atoms with van der Waals surface area (Å²) in [4.78, 5) is 25.1. The summed E-state index contributed by atoms with van der Waals surface area (Å²) in [6.45, 7) is 7.87. The maximum atomic E-state index is 13.0. The van der Waals surface area contributed by atoms with E-state index in [4.69, 9.17) is 16.2 Å². The van der Waals surface area contributed by atoms with Crippen LogP contribution in [0, 0.1) is 0 Å². The van der Waals surface area contributed by atoms with Crippen molar-refractivity contribution in [2.75, 3.05) is 23.4 Å². The van der Waals surface area contributed by atoms with Crippen molar-refractivity contribution in [1.29, 1.82) is 0 Å². The predicted octanol–water partition coefficient (Wildman–Crippen LogP) is 3.07. The van der Waals surface area contributed by atoms with Crippen molar-refractivity contribution in [2.45, 2.75) is 32.4 Å². The average Bonchev–Trinajstić information content (AvgIpc) is 3.12. The Kier molecular flexibility index (Phi) is 6.48. The normalized spacial score (nSPS) is 11.4. The molecule has 3 rings (SSSR count). The van der Waals surface area contributed by atoms with Crippen LogP contribution in [0.15, 0.2) is 43.0 Å². The molecule has 9 nitrogen and oxygen atoms in total. The summed E-state index contributed by atoms with van der Waals surface area (Å²) in [7, 11) is -1.19. The smallest absolute Gasteiger partial charge is 0.276 e. The number of hydrogen-bond donors (Lipinski definition) is 3. The molecular formula is C20H27N7O2Si. The van der Waals surface area contributed by atoms with Gasteiger partial charge in [0.25, 0.3) is 5.91 Å². The first-order valence-electron chi connectivity index (χ1n) is 9.62. The molecular weight excluding hydrogens is 398 g/mol. The van der Waals surface area contributed by atoms with Crippen LogP contribution in [-0.4, -0.2) is 40.1 Å². The summed E-state index contributed by atoms with van der Waals surface area (Å²) < 4.78 is 7.70. The van der Waals surface area contributed by atoms with Crippen molar-refractivity contribution >= 4 is 31.3 Å². The zero-order valence-electron chi connectivity index (χ0n) is 17.4. The molecule has 2 heterocycles. The summed E-state index contributed by atoms with van der Waals surface area (Å²) in [5.41, 5.74) is 13.6. The molecule has 0 bridgehead atoms. The molecule has 158 valence electrons. The number of hydrogen-bond acceptors (Lipinski definition) is 7. The molecule has 30 heavy (non-hydrogen) atoms. The van der Waals surface area contributed by atoms with Crippen molar-refractivity contribution in [3.8, 4) is 11.3 Å². The predicted molar refractivity (Wildman–Crippen MR) is 121 cm³/mol. The lowest BCUT2D eigenvalue weighted by Crippen LogP contribution is -2.22. The van der Waals surface area contributed by atoms with Gasteiger partial charge >= 0.3 is 0 Å². The number of amides is 1. The second kappa shape index (κ2) is 9.05. The molecule has 0 saturated carbocycles. The Balaban J connectivity index is 1.87. The average molecular weight is 426 g/mol. The number of imidazole rings is 1. The van der Waals surface area contributed by atoms with E-state index in [1.807, 2.05) is 34.9 Å². The van der Waals surface area contributed by atoms with Gasteiger partial charge in [0, 0.05) is 20.2 Å². The lowest BCUT2D eigenvalue weighted by atomic mass is 10.1. The number of nitrogens with one attached hydrogen (secondary N) is 1. The molecule has 1 amide bonds. The van der Waals surface area contributed by atoms with Crippen molar-refractivity contribution in [3.05, 3.63) is 48.7 Å². The number of benzene rings is 1. The van der Waals surface area contributed by atoms with Crippen LogP contribution < -0.4 is 16.8 Å². The Hall–Kier alpha value is -3.24. The largest absolute Gasteiger partial charge is 0.382 e. The van der Waals surface area contributed by atoms with Gasteiger partial charge in [0.15, 0.2) is 17.3 Å². The van der Waals surface area contributed by atoms with Crippen molar-refractivity contribution in [2.24, 2.45) is 0 Å². The standard InChI is InChI=1S/C20H27N7O2Si/c1-30(2,3)10-9-29-13-27-12-25-15(17(27)14-7-5-4-6-8-14)20(28)26-16-18(21)23-11-24-19(16)22/h4-8,11-12H,9-10,13H2,1-3H3,(H,26,28)(H4,21,22,23,24). The van der Waals surface area contributed by atoms with E-state index < -0.39 is 14.0 Å². The van der Waals surface area contributed by atoms with E-state index in [1.165, 1.54) is 6.33 Å². The zero-order chi connectivity index (χ0) is 21.7. The number of nitrogen functional groups attached to an aromatic ring is 2. The number of anilines is 3. The van der Waals surface area contributed by atoms with Crippen LogP contribution in [0.2, 0.25) is 25.7 Å². The highest BCUT2D eigenvalue weighted by Gasteiger charge is 2.22. The number of nitrogens with zero attached hydrogens (tertiary/aromatic N) is 4. The van der Waals surface area contributed by atoms with Gasteiger partial charge in [0.05, 0.1) is 12.0 Å². The summed E-state index contributed by atoms with van der Waals surface area (Å²) in [6.07, 6.45) is 2.84. The fourth-order valence-electron chi connectivity index (χ4n) is 2.80. The van der Waals surface area contributed by atoms with Gasteiger partial charge in [0.2, 0.25) is 0 Å². The molecule has 0 unspecified atom stereocenters. The molecule has 0 radical (unpaired) electrons. The second-order valence-electron chi connectivity index (χ2n) is 8.10. The third-order valence-corrected chi connectivity index (χ3v) is 6.18. The van der Waals surface area contributed by atoms with Crippen LogP contribution in [-0.2, 0) is 11.5 Å². The van der Waals surface area contributed by atoms with E-state index in [-0.39, 0.29) is 23.0 Å². The SMILES string of the molecule is C[Si](C)(C)CCOCn1cnc(C(=O)Nc2c(N)ncnc2N)c1-c1ccccc1. The quantitative estimate of drug-likeness (QED) is 0.373. The van der Waals surface area contributed by atoms with E-state index in [9.17, 15) is 4.79 Å². The fraction of sp³-hybridized carbons (Fsp3) is 0.300. The van der Waals surface area contributed by atoms with E-state index >= 15 is 0 Å². The van der Waals surface area contributed by atoms with Crippen LogP contribution in [0.3, 0.4) is 0 Å². The highest BCUT2D eigenvalue weighted by Crippen LogP contribution is 2.26. The summed E-state index contributed by atoms with van der Waals surface area (Å²) in [6, 6.07) is 10.6. The minimum atomic E-state index is -1.19. The minimum absolute atomic E-state index is 0.0891. The molecule has 10 heteroatoms. The van der Waals surface area contributed by atoms with E-state index in [0.717, 1.165) is 11.6 Å². The van der Waals surface area contributed by atoms with Crippen LogP contribution in [0.25, 0.3) is 11.3 Å². The second-order valence-corrected chi connectivity index (χ2v) is 13.7. The molecule has 0 aliphatic rings. The number of ether oxygens (including phenoxy) is 1. The number of rotatable bonds is 8. The molecule has 0 saturated heterocycles. The fourth-order valence-corrected chi connectivity index (χ4v) is 3.56. The zero-order valence-corrected chi connectivity index (χ0v) is 18.4. The van der Waals surface area contributed by atoms with Crippen LogP contribution in [0.5, 0.6) is 0 Å². The molecule has 0 aliphatic carbocycles. The highest BCUT2D eigenvalue weighted by atomic mass is 28.3. The lowest BCUT2D eigenvalue weighted by Gasteiger charge is -2.16. The van der Waals surface area contributed by atoms with Crippen molar-refractivity contribution in [1.82, 2.24) is 19.5 Å². The lowest BCUT2D eigenvalue weighted by molar-refractivity contribution is 0.0881.